The number of benzene rings is 1. The number of hydrogen-bond donors (Lipinski definition) is 0. The van der Waals surface area contributed by atoms with Crippen molar-refractivity contribution < 1.29 is 9.90 Å². The monoisotopic (exact) mass is 169 g/mol. The van der Waals surface area contributed by atoms with Crippen LogP contribution >= 0.6 is 11.6 Å². The number of carbonyl (C=O) groups is 1. The molecule has 11 heavy (non-hydrogen) atoms. The number of alkyl halides is 1. The normalized spacial score (nSPS) is 12.5. The van der Waals surface area contributed by atoms with Gasteiger partial charge in [0, 0.05) is 0 Å². The predicted molar refractivity (Wildman–Crippen MR) is 40.0 cm³/mol. The lowest BCUT2D eigenvalue weighted by Crippen LogP contribution is -2.26. The number of halogens is 1. The third kappa shape index (κ3) is 1.95. The average Bonchev–Trinajstić information content (AvgIpc) is 2.05. The fourth-order valence-corrected chi connectivity index (χ4v) is 0.904. The highest BCUT2D eigenvalue weighted by Crippen LogP contribution is 2.18. The third-order valence-electron chi connectivity index (χ3n) is 1.30. The number of carboxylic acid groups (broad SMARTS) is 1. The van der Waals surface area contributed by atoms with Gasteiger partial charge in [0.1, 0.15) is 0 Å². The molecular formula is C8H6ClO2-. The molecule has 0 saturated heterocycles. The summed E-state index contributed by atoms with van der Waals surface area (Å²) in [6, 6.07) is 8.55. The molecule has 0 spiro atoms. The number of hydrogen-bond acceptors (Lipinski definition) is 2. The average molecular weight is 170 g/mol. The van der Waals surface area contributed by atoms with Crippen molar-refractivity contribution >= 4 is 17.6 Å². The molecule has 0 aliphatic carbocycles. The number of rotatable bonds is 2. The summed E-state index contributed by atoms with van der Waals surface area (Å²) in [5.41, 5.74) is 0.550. The zero-order valence-corrected chi connectivity index (χ0v) is 6.41. The van der Waals surface area contributed by atoms with Gasteiger partial charge in [-0.1, -0.05) is 30.3 Å². The summed E-state index contributed by atoms with van der Waals surface area (Å²) in [6.45, 7) is 0. The topological polar surface area (TPSA) is 40.1 Å². The first-order valence-electron chi connectivity index (χ1n) is 3.11. The first-order valence-corrected chi connectivity index (χ1v) is 3.55. The van der Waals surface area contributed by atoms with Crippen LogP contribution in [0.25, 0.3) is 0 Å². The van der Waals surface area contributed by atoms with Gasteiger partial charge < -0.3 is 9.90 Å². The quantitative estimate of drug-likeness (QED) is 0.612. The molecule has 0 bridgehead atoms. The van der Waals surface area contributed by atoms with Crippen LogP contribution in [-0.2, 0) is 4.79 Å². The SMILES string of the molecule is O=C([O-])[C@H](Cl)c1ccccc1. The molecule has 0 aromatic heterocycles. The van der Waals surface area contributed by atoms with Crippen molar-refractivity contribution in [2.75, 3.05) is 0 Å². The summed E-state index contributed by atoms with van der Waals surface area (Å²) in [6.07, 6.45) is 0. The second kappa shape index (κ2) is 3.39. The Balaban J connectivity index is 2.85. The standard InChI is InChI=1S/C8H7ClO2/c9-7(8(10)11)6-4-2-1-3-5-6/h1-5,7H,(H,10,11)/p-1/t7-/m1/s1. The summed E-state index contributed by atoms with van der Waals surface area (Å²) in [5.74, 6) is -1.27. The number of aliphatic carboxylic acids is 1. The molecule has 0 saturated carbocycles. The van der Waals surface area contributed by atoms with E-state index in [0.717, 1.165) is 0 Å². The van der Waals surface area contributed by atoms with Crippen LogP contribution in [0, 0.1) is 0 Å². The lowest BCUT2D eigenvalue weighted by Gasteiger charge is -2.09. The Morgan fingerprint density at radius 1 is 1.36 bits per heavy atom. The number of carboxylic acids is 1. The van der Waals surface area contributed by atoms with Crippen LogP contribution in [-0.4, -0.2) is 5.97 Å². The van der Waals surface area contributed by atoms with Crippen LogP contribution < -0.4 is 5.11 Å². The van der Waals surface area contributed by atoms with Crippen LogP contribution in [0.2, 0.25) is 0 Å². The largest absolute Gasteiger partial charge is 0.548 e. The molecule has 0 N–H and O–H groups in total. The van der Waals surface area contributed by atoms with Crippen molar-refractivity contribution in [3.05, 3.63) is 35.9 Å². The summed E-state index contributed by atoms with van der Waals surface area (Å²) in [4.78, 5) is 10.3. The molecule has 1 aromatic rings. The van der Waals surface area contributed by atoms with Gasteiger partial charge in [-0.15, -0.1) is 11.6 Å². The fraction of sp³-hybridized carbons (Fsp3) is 0.125. The highest BCUT2D eigenvalue weighted by atomic mass is 35.5. The molecule has 1 atom stereocenters. The zero-order chi connectivity index (χ0) is 8.27. The highest BCUT2D eigenvalue weighted by molar-refractivity contribution is 6.29. The number of carbonyl (C=O) groups excluding carboxylic acids is 1. The van der Waals surface area contributed by atoms with Crippen molar-refractivity contribution in [2.45, 2.75) is 5.38 Å². The van der Waals surface area contributed by atoms with E-state index < -0.39 is 11.3 Å². The van der Waals surface area contributed by atoms with Crippen LogP contribution in [0.1, 0.15) is 10.9 Å². The molecule has 1 rings (SSSR count). The van der Waals surface area contributed by atoms with Gasteiger partial charge in [-0.2, -0.15) is 0 Å². The Bertz CT molecular complexity index is 246. The van der Waals surface area contributed by atoms with Crippen molar-refractivity contribution in [3.8, 4) is 0 Å². The molecule has 0 fully saturated rings. The Labute approximate surface area is 69.4 Å². The molecule has 0 aliphatic rings. The van der Waals surface area contributed by atoms with Crippen molar-refractivity contribution in [1.29, 1.82) is 0 Å². The summed E-state index contributed by atoms with van der Waals surface area (Å²) < 4.78 is 0. The van der Waals surface area contributed by atoms with E-state index in [1.165, 1.54) is 0 Å². The van der Waals surface area contributed by atoms with E-state index >= 15 is 0 Å². The second-order valence-corrected chi connectivity index (χ2v) is 2.53. The maximum Gasteiger partial charge on any atom is 0.0979 e. The van der Waals surface area contributed by atoms with Gasteiger partial charge in [0.15, 0.2) is 0 Å². The molecule has 0 heterocycles. The van der Waals surface area contributed by atoms with Gasteiger partial charge in [-0.25, -0.2) is 0 Å². The highest BCUT2D eigenvalue weighted by Gasteiger charge is 2.06. The van der Waals surface area contributed by atoms with Crippen LogP contribution in [0.3, 0.4) is 0 Å². The fourth-order valence-electron chi connectivity index (χ4n) is 0.758. The molecule has 0 unspecified atom stereocenters. The molecule has 0 aliphatic heterocycles. The van der Waals surface area contributed by atoms with E-state index in [9.17, 15) is 9.90 Å². The van der Waals surface area contributed by atoms with Crippen molar-refractivity contribution in [2.24, 2.45) is 0 Å². The Morgan fingerprint density at radius 3 is 2.36 bits per heavy atom. The minimum absolute atomic E-state index is 0.550. The first-order chi connectivity index (χ1) is 5.22. The van der Waals surface area contributed by atoms with Gasteiger partial charge in [0.2, 0.25) is 0 Å². The van der Waals surface area contributed by atoms with Gasteiger partial charge >= 0.3 is 0 Å². The molecule has 58 valence electrons. The van der Waals surface area contributed by atoms with E-state index in [1.54, 1.807) is 30.3 Å². The van der Waals surface area contributed by atoms with E-state index in [2.05, 4.69) is 0 Å². The summed E-state index contributed by atoms with van der Waals surface area (Å²) in [7, 11) is 0. The van der Waals surface area contributed by atoms with Crippen LogP contribution in [0.4, 0.5) is 0 Å². The van der Waals surface area contributed by atoms with Gasteiger partial charge in [-0.3, -0.25) is 0 Å². The zero-order valence-electron chi connectivity index (χ0n) is 5.66. The predicted octanol–water partition coefficient (Wildman–Crippen LogP) is 0.716. The van der Waals surface area contributed by atoms with Gasteiger partial charge in [-0.05, 0) is 5.56 Å². The molecule has 3 heteroatoms. The second-order valence-electron chi connectivity index (χ2n) is 2.09. The van der Waals surface area contributed by atoms with E-state index in [-0.39, 0.29) is 0 Å². The lowest BCUT2D eigenvalue weighted by atomic mass is 10.1. The lowest BCUT2D eigenvalue weighted by molar-refractivity contribution is -0.305. The van der Waals surface area contributed by atoms with Crippen LogP contribution in [0.15, 0.2) is 30.3 Å². The Hall–Kier alpha value is -1.02. The first kappa shape index (κ1) is 8.08. The smallest absolute Gasteiger partial charge is 0.0979 e. The molecule has 1 aromatic carbocycles. The Kier molecular flexibility index (Phi) is 2.49. The molecule has 0 radical (unpaired) electrons. The van der Waals surface area contributed by atoms with Crippen LogP contribution in [0.5, 0.6) is 0 Å². The van der Waals surface area contributed by atoms with E-state index in [1.807, 2.05) is 0 Å². The summed E-state index contributed by atoms with van der Waals surface area (Å²) >= 11 is 5.48. The third-order valence-corrected chi connectivity index (χ3v) is 1.73. The molecule has 0 amide bonds. The van der Waals surface area contributed by atoms with Crippen molar-refractivity contribution in [3.63, 3.8) is 0 Å². The minimum atomic E-state index is -1.27. The maximum absolute atomic E-state index is 10.3. The van der Waals surface area contributed by atoms with Gasteiger partial charge in [0.05, 0.1) is 11.3 Å². The maximum atomic E-state index is 10.3. The van der Waals surface area contributed by atoms with E-state index in [4.69, 9.17) is 11.6 Å². The molecule has 2 nitrogen and oxygen atoms in total. The summed E-state index contributed by atoms with van der Waals surface area (Å²) in [5, 5.41) is 9.21. The Morgan fingerprint density at radius 2 is 1.91 bits per heavy atom. The van der Waals surface area contributed by atoms with Crippen molar-refractivity contribution in [1.82, 2.24) is 0 Å². The molecular weight excluding hydrogens is 164 g/mol. The van der Waals surface area contributed by atoms with E-state index in [0.29, 0.717) is 5.56 Å². The minimum Gasteiger partial charge on any atom is -0.548 e. The van der Waals surface area contributed by atoms with Gasteiger partial charge in [0.25, 0.3) is 0 Å².